The van der Waals surface area contributed by atoms with Crippen molar-refractivity contribution in [2.75, 3.05) is 5.73 Å². The van der Waals surface area contributed by atoms with Gasteiger partial charge in [-0.15, -0.1) is 0 Å². The van der Waals surface area contributed by atoms with Crippen molar-refractivity contribution in [1.82, 2.24) is 14.6 Å². The molecular weight excluding hydrogens is 402 g/mol. The molecule has 1 aromatic heterocycles. The normalized spacial score (nSPS) is 15.4. The topological polar surface area (TPSA) is 131 Å². The van der Waals surface area contributed by atoms with Gasteiger partial charge in [0, 0.05) is 12.6 Å². The molecule has 0 saturated heterocycles. The molecule has 5 N–H and O–H groups in total. The minimum absolute atomic E-state index is 0.0459. The molecule has 0 radical (unpaired) electrons. The number of rotatable bonds is 7. The first-order chi connectivity index (χ1) is 14.4. The van der Waals surface area contributed by atoms with Gasteiger partial charge in [0.25, 0.3) is 11.8 Å². The van der Waals surface area contributed by atoms with Crippen LogP contribution in [-0.4, -0.2) is 39.1 Å². The largest absolute Gasteiger partial charge is 0.395 e. The van der Waals surface area contributed by atoms with Crippen molar-refractivity contribution in [3.05, 3.63) is 46.5 Å². The lowest BCUT2D eigenvalue weighted by molar-refractivity contribution is -0.126. The van der Waals surface area contributed by atoms with Crippen LogP contribution in [0.4, 0.5) is 5.69 Å². The highest BCUT2D eigenvalue weighted by Gasteiger charge is 2.32. The van der Waals surface area contributed by atoms with Gasteiger partial charge in [-0.25, -0.2) is 0 Å². The highest BCUT2D eigenvalue weighted by Crippen LogP contribution is 2.25. The van der Waals surface area contributed by atoms with Crippen molar-refractivity contribution < 1.29 is 14.4 Å². The van der Waals surface area contributed by atoms with Gasteiger partial charge in [-0.3, -0.25) is 14.4 Å². The first-order valence-electron chi connectivity index (χ1n) is 10.1. The number of anilines is 1. The maximum absolute atomic E-state index is 13.3. The first-order valence-corrected chi connectivity index (χ1v) is 10.9. The van der Waals surface area contributed by atoms with E-state index in [0.717, 1.165) is 42.8 Å². The standard InChI is InChI=1S/C21H27N5O3S/c1-13(20(28)24-15-10-6-3-7-11-15)26(12-14-8-4-2-5-9-14)21(29)18-16(22)17(19(23)27)25-30-18/h2,4-5,8-9,13,15H,3,6-7,10-12,22H2,1H3,(H2,23,27)(H,24,28)/t13-/m1/s1. The molecular formula is C21H27N5O3S. The Morgan fingerprint density at radius 2 is 1.87 bits per heavy atom. The second kappa shape index (κ2) is 9.71. The summed E-state index contributed by atoms with van der Waals surface area (Å²) in [5, 5.41) is 3.08. The third-order valence-corrected chi connectivity index (χ3v) is 6.26. The van der Waals surface area contributed by atoms with Crippen molar-refractivity contribution in [3.8, 4) is 0 Å². The van der Waals surface area contributed by atoms with Gasteiger partial charge in [-0.05, 0) is 36.9 Å². The van der Waals surface area contributed by atoms with Crippen molar-refractivity contribution in [1.29, 1.82) is 0 Å². The minimum atomic E-state index is -0.791. The number of aromatic nitrogens is 1. The third-order valence-electron chi connectivity index (χ3n) is 5.41. The Bertz CT molecular complexity index is 909. The summed E-state index contributed by atoms with van der Waals surface area (Å²) < 4.78 is 3.92. The molecule has 8 nitrogen and oxygen atoms in total. The Kier molecular flexibility index (Phi) is 7.04. The zero-order chi connectivity index (χ0) is 21.7. The van der Waals surface area contributed by atoms with Gasteiger partial charge in [0.15, 0.2) is 5.69 Å². The van der Waals surface area contributed by atoms with E-state index in [2.05, 4.69) is 9.69 Å². The average Bonchev–Trinajstić information content (AvgIpc) is 3.14. The molecule has 1 aliphatic carbocycles. The highest BCUT2D eigenvalue weighted by molar-refractivity contribution is 7.09. The number of nitrogen functional groups attached to an aromatic ring is 1. The molecule has 1 aromatic carbocycles. The lowest BCUT2D eigenvalue weighted by atomic mass is 9.95. The van der Waals surface area contributed by atoms with Gasteiger partial charge in [-0.2, -0.15) is 4.37 Å². The summed E-state index contributed by atoms with van der Waals surface area (Å²) in [7, 11) is 0. The van der Waals surface area contributed by atoms with Crippen LogP contribution in [0.25, 0.3) is 0 Å². The van der Waals surface area contributed by atoms with Crippen molar-refractivity contribution in [3.63, 3.8) is 0 Å². The van der Waals surface area contributed by atoms with Crippen LogP contribution >= 0.6 is 11.5 Å². The number of hydrogen-bond donors (Lipinski definition) is 3. The molecule has 30 heavy (non-hydrogen) atoms. The number of benzene rings is 1. The fourth-order valence-corrected chi connectivity index (χ4v) is 4.40. The zero-order valence-corrected chi connectivity index (χ0v) is 17.8. The van der Waals surface area contributed by atoms with Gasteiger partial charge in [0.05, 0.1) is 5.69 Å². The van der Waals surface area contributed by atoms with Crippen molar-refractivity contribution in [2.45, 2.75) is 57.7 Å². The Morgan fingerprint density at radius 1 is 1.20 bits per heavy atom. The van der Waals surface area contributed by atoms with Gasteiger partial charge in [0.2, 0.25) is 5.91 Å². The fourth-order valence-electron chi connectivity index (χ4n) is 3.63. The van der Waals surface area contributed by atoms with E-state index in [1.54, 1.807) is 6.92 Å². The predicted molar refractivity (Wildman–Crippen MR) is 116 cm³/mol. The van der Waals surface area contributed by atoms with Gasteiger partial charge in [-0.1, -0.05) is 49.6 Å². The Hall–Kier alpha value is -2.94. The van der Waals surface area contributed by atoms with Crippen LogP contribution in [-0.2, 0) is 11.3 Å². The van der Waals surface area contributed by atoms with Crippen LogP contribution in [0.2, 0.25) is 0 Å². The number of primary amides is 1. The molecule has 9 heteroatoms. The lowest BCUT2D eigenvalue weighted by Gasteiger charge is -2.31. The van der Waals surface area contributed by atoms with E-state index >= 15 is 0 Å². The summed E-state index contributed by atoms with van der Waals surface area (Å²) in [5.74, 6) is -1.45. The second-order valence-electron chi connectivity index (χ2n) is 7.58. The summed E-state index contributed by atoms with van der Waals surface area (Å²) in [6.45, 7) is 1.92. The second-order valence-corrected chi connectivity index (χ2v) is 8.35. The number of amides is 3. The number of nitrogens with one attached hydrogen (secondary N) is 1. The molecule has 0 unspecified atom stereocenters. The summed E-state index contributed by atoms with van der Waals surface area (Å²) in [6, 6.07) is 8.81. The molecule has 3 rings (SSSR count). The smallest absolute Gasteiger partial charge is 0.270 e. The van der Waals surface area contributed by atoms with E-state index in [1.165, 1.54) is 11.3 Å². The molecule has 160 valence electrons. The molecule has 1 aliphatic rings. The highest BCUT2D eigenvalue weighted by atomic mass is 32.1. The van der Waals surface area contributed by atoms with Crippen LogP contribution in [0.1, 0.15) is 64.8 Å². The van der Waals surface area contributed by atoms with Crippen LogP contribution in [0.3, 0.4) is 0 Å². The lowest BCUT2D eigenvalue weighted by Crippen LogP contribution is -2.50. The van der Waals surface area contributed by atoms with Crippen molar-refractivity contribution >= 4 is 34.9 Å². The molecule has 3 amide bonds. The Morgan fingerprint density at radius 3 is 2.47 bits per heavy atom. The quantitative estimate of drug-likeness (QED) is 0.621. The molecule has 0 bridgehead atoms. The summed E-state index contributed by atoms with van der Waals surface area (Å²) in [4.78, 5) is 39.3. The van der Waals surface area contributed by atoms with Crippen LogP contribution in [0, 0.1) is 0 Å². The summed E-state index contributed by atoms with van der Waals surface area (Å²) in [6.07, 6.45) is 5.29. The Balaban J connectivity index is 1.84. The minimum Gasteiger partial charge on any atom is -0.395 e. The number of carbonyl (C=O) groups excluding carboxylic acids is 3. The van der Waals surface area contributed by atoms with E-state index in [0.29, 0.717) is 0 Å². The van der Waals surface area contributed by atoms with Gasteiger partial charge >= 0.3 is 0 Å². The SMILES string of the molecule is C[C@H](C(=O)NC1CCCCC1)N(Cc1ccccc1)C(=O)c1snc(C(N)=O)c1N. The first kappa shape index (κ1) is 21.8. The molecule has 1 saturated carbocycles. The maximum Gasteiger partial charge on any atom is 0.270 e. The fraction of sp³-hybridized carbons (Fsp3) is 0.429. The molecule has 2 aromatic rings. The molecule has 1 fully saturated rings. The number of nitrogens with two attached hydrogens (primary N) is 2. The summed E-state index contributed by atoms with van der Waals surface area (Å²) in [5.41, 5.74) is 11.9. The molecule has 0 aliphatic heterocycles. The number of carbonyl (C=O) groups is 3. The number of hydrogen-bond acceptors (Lipinski definition) is 6. The molecule has 1 heterocycles. The molecule has 1 atom stereocenters. The molecule has 0 spiro atoms. The van der Waals surface area contributed by atoms with Gasteiger partial charge in [0.1, 0.15) is 10.9 Å². The Labute approximate surface area is 179 Å². The van der Waals surface area contributed by atoms with E-state index in [4.69, 9.17) is 11.5 Å². The van der Waals surface area contributed by atoms with Crippen LogP contribution < -0.4 is 16.8 Å². The monoisotopic (exact) mass is 429 g/mol. The van der Waals surface area contributed by atoms with E-state index in [9.17, 15) is 14.4 Å². The zero-order valence-electron chi connectivity index (χ0n) is 17.0. The van der Waals surface area contributed by atoms with Gasteiger partial charge < -0.3 is 21.7 Å². The number of nitrogens with zero attached hydrogens (tertiary/aromatic N) is 2. The van der Waals surface area contributed by atoms with Crippen LogP contribution in [0.5, 0.6) is 0 Å². The average molecular weight is 430 g/mol. The van der Waals surface area contributed by atoms with E-state index < -0.39 is 17.9 Å². The predicted octanol–water partition coefficient (Wildman–Crippen LogP) is 2.30. The van der Waals surface area contributed by atoms with Crippen molar-refractivity contribution in [2.24, 2.45) is 5.73 Å². The van der Waals surface area contributed by atoms with E-state index in [-0.39, 0.29) is 34.8 Å². The van der Waals surface area contributed by atoms with Crippen LogP contribution in [0.15, 0.2) is 30.3 Å². The maximum atomic E-state index is 13.3. The third kappa shape index (κ3) is 4.96. The summed E-state index contributed by atoms with van der Waals surface area (Å²) >= 11 is 0.818. The van der Waals surface area contributed by atoms with E-state index in [1.807, 2.05) is 30.3 Å².